The number of anilines is 1. The minimum atomic E-state index is -0.771. The molecule has 10 heteroatoms. The van der Waals surface area contributed by atoms with Crippen LogP contribution in [0.5, 0.6) is 11.5 Å². The monoisotopic (exact) mass is 455 g/mol. The highest BCUT2D eigenvalue weighted by atomic mass is 16.7. The van der Waals surface area contributed by atoms with E-state index in [0.717, 1.165) is 16.7 Å². The van der Waals surface area contributed by atoms with Gasteiger partial charge in [0.1, 0.15) is 0 Å². The van der Waals surface area contributed by atoms with Crippen LogP contribution in [0.4, 0.5) is 5.69 Å². The molecule has 0 unspecified atom stereocenters. The Morgan fingerprint density at radius 2 is 1.73 bits per heavy atom. The van der Waals surface area contributed by atoms with Gasteiger partial charge in [0.25, 0.3) is 5.91 Å². The summed E-state index contributed by atoms with van der Waals surface area (Å²) in [5.41, 5.74) is 3.80. The number of para-hydroxylation sites is 1. The van der Waals surface area contributed by atoms with Gasteiger partial charge in [-0.3, -0.25) is 9.59 Å². The lowest BCUT2D eigenvalue weighted by Crippen LogP contribution is -2.36. The van der Waals surface area contributed by atoms with E-state index in [1.54, 1.807) is 25.1 Å². The molecule has 1 aliphatic rings. The van der Waals surface area contributed by atoms with Crippen LogP contribution < -0.4 is 20.1 Å². The lowest BCUT2D eigenvalue weighted by molar-refractivity contribution is -0.152. The fourth-order valence-corrected chi connectivity index (χ4v) is 2.97. The second-order valence-electron chi connectivity index (χ2n) is 7.27. The minimum Gasteiger partial charge on any atom is -0.454 e. The Morgan fingerprint density at radius 1 is 1.00 bits per heavy atom. The van der Waals surface area contributed by atoms with Gasteiger partial charge in [-0.25, -0.2) is 4.79 Å². The molecule has 174 valence electrons. The Bertz CT molecular complexity index is 1060. The number of esters is 1. The Balaban J connectivity index is 1.35. The molecule has 0 aromatic heterocycles. The number of aryl methyl sites for hydroxylation is 2. The number of benzene rings is 2. The fraction of sp³-hybridized carbons (Fsp3) is 0.304. The number of carbonyl (C=O) groups excluding carboxylic acids is 3. The average molecular weight is 455 g/mol. The summed E-state index contributed by atoms with van der Waals surface area (Å²) in [7, 11) is 0. The third-order valence-corrected chi connectivity index (χ3v) is 4.73. The number of amides is 2. The van der Waals surface area contributed by atoms with Crippen LogP contribution in [-0.4, -0.2) is 50.0 Å². The van der Waals surface area contributed by atoms with Gasteiger partial charge >= 0.3 is 5.97 Å². The maximum absolute atomic E-state index is 12.1. The van der Waals surface area contributed by atoms with Crippen molar-refractivity contribution in [2.45, 2.75) is 20.8 Å². The van der Waals surface area contributed by atoms with Crippen molar-refractivity contribution in [3.8, 4) is 11.5 Å². The molecule has 0 spiro atoms. The number of nitrogens with one attached hydrogen (secondary N) is 2. The molecule has 0 saturated carbocycles. The van der Waals surface area contributed by atoms with Crippen LogP contribution in [-0.2, 0) is 24.0 Å². The molecule has 2 amide bonds. The van der Waals surface area contributed by atoms with Crippen LogP contribution in [0, 0.1) is 13.8 Å². The molecule has 0 bridgehead atoms. The predicted molar refractivity (Wildman–Crippen MR) is 119 cm³/mol. The first-order valence-electron chi connectivity index (χ1n) is 10.2. The van der Waals surface area contributed by atoms with Crippen LogP contribution in [0.3, 0.4) is 0 Å². The number of oxime groups is 1. The number of ether oxygens (including phenoxy) is 3. The lowest BCUT2D eigenvalue weighted by atomic mass is 10.1. The molecule has 0 saturated heterocycles. The zero-order chi connectivity index (χ0) is 23.8. The highest BCUT2D eigenvalue weighted by molar-refractivity contribution is 5.99. The van der Waals surface area contributed by atoms with Gasteiger partial charge in [0.05, 0.1) is 12.3 Å². The highest BCUT2D eigenvalue weighted by Crippen LogP contribution is 2.32. The van der Waals surface area contributed by atoms with E-state index in [1.165, 1.54) is 0 Å². The molecule has 0 fully saturated rings. The number of nitrogens with zero attached hydrogens (tertiary/aromatic N) is 1. The maximum atomic E-state index is 12.1. The summed E-state index contributed by atoms with van der Waals surface area (Å²) >= 11 is 0. The third kappa shape index (κ3) is 6.70. The average Bonchev–Trinajstić information content (AvgIpc) is 3.26. The zero-order valence-corrected chi connectivity index (χ0v) is 18.6. The predicted octanol–water partition coefficient (Wildman–Crippen LogP) is 2.07. The van der Waals surface area contributed by atoms with Crippen molar-refractivity contribution in [1.82, 2.24) is 5.32 Å². The summed E-state index contributed by atoms with van der Waals surface area (Å²) in [6, 6.07) is 10.9. The molecule has 0 atom stereocenters. The van der Waals surface area contributed by atoms with Crippen molar-refractivity contribution in [2.24, 2.45) is 5.16 Å². The molecule has 3 rings (SSSR count). The normalized spacial score (nSPS) is 12.2. The molecule has 33 heavy (non-hydrogen) atoms. The molecule has 2 aromatic rings. The smallest absolute Gasteiger partial charge is 0.347 e. The third-order valence-electron chi connectivity index (χ3n) is 4.73. The van der Waals surface area contributed by atoms with Gasteiger partial charge in [0.15, 0.2) is 18.1 Å². The maximum Gasteiger partial charge on any atom is 0.347 e. The standard InChI is InChI=1S/C23H25N3O7/c1-14-5-4-6-15(2)23(14)25-20(27)10-24-21(28)11-30-22(29)12-33-26-16(3)17-7-8-18-19(9-17)32-13-31-18/h4-9H,10-13H2,1-3H3,(H,24,28)(H,25,27)/b26-16+. The van der Waals surface area contributed by atoms with E-state index < -0.39 is 25.1 Å². The van der Waals surface area contributed by atoms with E-state index in [-0.39, 0.29) is 19.2 Å². The second-order valence-corrected chi connectivity index (χ2v) is 7.27. The number of hydrogen-bond acceptors (Lipinski definition) is 8. The van der Waals surface area contributed by atoms with Crippen molar-refractivity contribution in [1.29, 1.82) is 0 Å². The molecule has 2 aromatic carbocycles. The Kier molecular flexibility index (Phi) is 7.85. The van der Waals surface area contributed by atoms with Crippen LogP contribution in [0.25, 0.3) is 0 Å². The molecule has 10 nitrogen and oxygen atoms in total. The Hall–Kier alpha value is -4.08. The Labute approximate surface area is 190 Å². The summed E-state index contributed by atoms with van der Waals surface area (Å²) in [6.07, 6.45) is 0. The number of carbonyl (C=O) groups is 3. The fourth-order valence-electron chi connectivity index (χ4n) is 2.97. The summed E-state index contributed by atoms with van der Waals surface area (Å²) < 4.78 is 15.4. The van der Waals surface area contributed by atoms with Gasteiger partial charge in [0, 0.05) is 11.3 Å². The van der Waals surface area contributed by atoms with Crippen LogP contribution >= 0.6 is 0 Å². The SMILES string of the molecule is C/C(=N\OCC(=O)OCC(=O)NCC(=O)Nc1c(C)cccc1C)c1ccc2c(c1)OCO2. The largest absolute Gasteiger partial charge is 0.454 e. The Morgan fingerprint density at radius 3 is 2.48 bits per heavy atom. The van der Waals surface area contributed by atoms with Crippen molar-refractivity contribution >= 4 is 29.2 Å². The van der Waals surface area contributed by atoms with Crippen molar-refractivity contribution in [3.05, 3.63) is 53.1 Å². The van der Waals surface area contributed by atoms with E-state index >= 15 is 0 Å². The summed E-state index contributed by atoms with van der Waals surface area (Å²) in [6.45, 7) is 4.38. The van der Waals surface area contributed by atoms with Gasteiger partial charge in [-0.1, -0.05) is 23.4 Å². The molecular weight excluding hydrogens is 430 g/mol. The van der Waals surface area contributed by atoms with Crippen LogP contribution in [0.15, 0.2) is 41.6 Å². The van der Waals surface area contributed by atoms with Crippen LogP contribution in [0.1, 0.15) is 23.6 Å². The highest BCUT2D eigenvalue weighted by Gasteiger charge is 2.15. The van der Waals surface area contributed by atoms with E-state index in [1.807, 2.05) is 32.0 Å². The van der Waals surface area contributed by atoms with Gasteiger partial charge in [-0.05, 0) is 50.1 Å². The van der Waals surface area contributed by atoms with Crippen molar-refractivity contribution < 1.29 is 33.4 Å². The van der Waals surface area contributed by atoms with E-state index in [0.29, 0.717) is 22.9 Å². The van der Waals surface area contributed by atoms with E-state index in [4.69, 9.17) is 19.0 Å². The van der Waals surface area contributed by atoms with Gasteiger partial charge in [-0.15, -0.1) is 0 Å². The molecule has 1 heterocycles. The van der Waals surface area contributed by atoms with Crippen LogP contribution in [0.2, 0.25) is 0 Å². The molecular formula is C23H25N3O7. The minimum absolute atomic E-state index is 0.169. The van der Waals surface area contributed by atoms with Crippen molar-refractivity contribution in [3.63, 3.8) is 0 Å². The second kappa shape index (κ2) is 11.0. The first kappa shape index (κ1) is 23.6. The van der Waals surface area contributed by atoms with Gasteiger partial charge in [-0.2, -0.15) is 0 Å². The number of rotatable bonds is 9. The first-order chi connectivity index (χ1) is 15.8. The summed E-state index contributed by atoms with van der Waals surface area (Å²) in [4.78, 5) is 40.7. The number of fused-ring (bicyclic) bond motifs is 1. The zero-order valence-electron chi connectivity index (χ0n) is 18.6. The molecule has 0 radical (unpaired) electrons. The van der Waals surface area contributed by atoms with Gasteiger partial charge < -0.3 is 29.7 Å². The van der Waals surface area contributed by atoms with Gasteiger partial charge in [0.2, 0.25) is 19.3 Å². The topological polar surface area (TPSA) is 125 Å². The molecule has 0 aliphatic carbocycles. The quantitative estimate of drug-likeness (QED) is 0.337. The first-order valence-corrected chi connectivity index (χ1v) is 10.2. The van der Waals surface area contributed by atoms with E-state index in [9.17, 15) is 14.4 Å². The lowest BCUT2D eigenvalue weighted by Gasteiger charge is -2.12. The summed E-state index contributed by atoms with van der Waals surface area (Å²) in [5, 5.41) is 9.01. The van der Waals surface area contributed by atoms with E-state index in [2.05, 4.69) is 15.8 Å². The molecule has 2 N–H and O–H groups in total. The van der Waals surface area contributed by atoms with Crippen molar-refractivity contribution in [2.75, 3.05) is 31.9 Å². The summed E-state index contributed by atoms with van der Waals surface area (Å²) in [5.74, 6) is -0.511. The molecule has 1 aliphatic heterocycles. The number of hydrogen-bond donors (Lipinski definition) is 2.